The van der Waals surface area contributed by atoms with E-state index in [1.807, 2.05) is 0 Å². The van der Waals surface area contributed by atoms with Crippen LogP contribution in [0.1, 0.15) is 420 Å². The Morgan fingerprint density at radius 2 is 0.560 bits per heavy atom. The molecule has 450 valence electrons. The largest absolute Gasteiger partial charge is 0.0654 e. The van der Waals surface area contributed by atoms with E-state index < -0.39 is 0 Å². The fraction of sp³-hybridized carbons (Fsp3) is 1.00. The molecule has 0 heterocycles. The summed E-state index contributed by atoms with van der Waals surface area (Å²) in [5.74, 6) is 2.97. The van der Waals surface area contributed by atoms with E-state index in [1.165, 1.54) is 289 Å². The van der Waals surface area contributed by atoms with E-state index >= 15 is 0 Å². The molecule has 0 aromatic carbocycles. The molecule has 0 saturated heterocycles. The Hall–Kier alpha value is 0. The Morgan fingerprint density at radius 3 is 0.773 bits per heavy atom. The van der Waals surface area contributed by atoms with E-state index in [0.717, 1.165) is 39.4 Å². The van der Waals surface area contributed by atoms with Gasteiger partial charge in [0.2, 0.25) is 0 Å². The third kappa shape index (κ3) is 31.7. The summed E-state index contributed by atoms with van der Waals surface area (Å²) in [6.07, 6.45) is 65.5. The van der Waals surface area contributed by atoms with Crippen LogP contribution in [0, 0.1) is 61.1 Å². The molecule has 0 heteroatoms. The van der Waals surface area contributed by atoms with Gasteiger partial charge in [-0.3, -0.25) is 0 Å². The molecule has 0 aromatic heterocycles. The van der Waals surface area contributed by atoms with E-state index in [9.17, 15) is 0 Å². The summed E-state index contributed by atoms with van der Waals surface area (Å²) in [7, 11) is 0. The molecule has 8 saturated carbocycles. The zero-order valence-electron chi connectivity index (χ0n) is 56.6. The van der Waals surface area contributed by atoms with Crippen LogP contribution in [0.3, 0.4) is 0 Å². The first kappa shape index (κ1) is 73.0. The van der Waals surface area contributed by atoms with Crippen LogP contribution >= 0.6 is 0 Å². The van der Waals surface area contributed by atoms with Gasteiger partial charge in [0.05, 0.1) is 0 Å². The van der Waals surface area contributed by atoms with Crippen LogP contribution in [0.25, 0.3) is 0 Å². The highest BCUT2D eigenvalue weighted by Crippen LogP contribution is 2.47. The summed E-state index contributed by atoms with van der Waals surface area (Å²) < 4.78 is 0. The lowest BCUT2D eigenvalue weighted by atomic mass is 9.73. The van der Waals surface area contributed by atoms with Gasteiger partial charge >= 0.3 is 0 Å². The van der Waals surface area contributed by atoms with Gasteiger partial charge in [-0.05, 0) is 183 Å². The van der Waals surface area contributed by atoms with Gasteiger partial charge in [-0.25, -0.2) is 0 Å². The van der Waals surface area contributed by atoms with Crippen LogP contribution in [0.2, 0.25) is 0 Å². The van der Waals surface area contributed by atoms with E-state index in [0.29, 0.717) is 21.7 Å². The van der Waals surface area contributed by atoms with Crippen molar-refractivity contribution in [2.45, 2.75) is 420 Å². The van der Waals surface area contributed by atoms with Crippen molar-refractivity contribution in [3.05, 3.63) is 0 Å². The van der Waals surface area contributed by atoms with Crippen LogP contribution in [-0.2, 0) is 0 Å². The van der Waals surface area contributed by atoms with E-state index in [1.54, 1.807) is 0 Å². The molecular weight excluding hydrogens is 901 g/mol. The molecule has 0 aliphatic heterocycles. The monoisotopic (exact) mass is 1050 g/mol. The lowest BCUT2D eigenvalue weighted by Crippen LogP contribution is -2.19. The Labute approximate surface area is 479 Å². The molecule has 6 atom stereocenters. The van der Waals surface area contributed by atoms with Crippen molar-refractivity contribution in [3.63, 3.8) is 0 Å². The van der Waals surface area contributed by atoms with Gasteiger partial charge in [0, 0.05) is 0 Å². The average Bonchev–Trinajstić information content (AvgIpc) is 4.03. The molecular formula is C75H150. The first-order valence-electron chi connectivity index (χ1n) is 35.3. The van der Waals surface area contributed by atoms with Gasteiger partial charge < -0.3 is 0 Å². The van der Waals surface area contributed by atoms with Gasteiger partial charge in [0.25, 0.3) is 0 Å². The van der Waals surface area contributed by atoms with Crippen LogP contribution in [0.4, 0.5) is 0 Å². The first-order valence-corrected chi connectivity index (χ1v) is 35.3. The highest BCUT2D eigenvalue weighted by molar-refractivity contribution is 4.86. The zero-order valence-corrected chi connectivity index (χ0v) is 56.6. The van der Waals surface area contributed by atoms with Crippen molar-refractivity contribution in [1.82, 2.24) is 0 Å². The zero-order chi connectivity index (χ0) is 56.6. The van der Waals surface area contributed by atoms with Crippen LogP contribution in [0.5, 0.6) is 0 Å². The summed E-state index contributed by atoms with van der Waals surface area (Å²) in [6, 6.07) is 0. The van der Waals surface area contributed by atoms with Crippen LogP contribution < -0.4 is 0 Å². The summed E-state index contributed by atoms with van der Waals surface area (Å²) in [5, 5.41) is 0. The van der Waals surface area contributed by atoms with Crippen LogP contribution in [-0.4, -0.2) is 0 Å². The standard InChI is InChI=1S/4C10H20.3C9H18.C8H16/c1-4-7-10(3)8-5-6-9(10)2;1-4-6-10(3)7-5-9(2)8-10;2*1-3-7-10(2)8-5-4-6-9-10;1-4-9(3)6-5-8(2)7-9;2*1-3-9(2)7-5-4-6-8-9;1-8(2)6-4-3-5-7-8/h2*9H,4-8H2,1-3H3;2*3-9H2,1-2H3;8H,4-7H2,1-3H3;2*3-8H2,1-2H3;3-7H2,1-2H3. The molecule has 8 rings (SSSR count). The Bertz CT molecular complexity index is 1220. The quantitative estimate of drug-likeness (QED) is 0.193. The second-order valence-electron chi connectivity index (χ2n) is 32.0. The number of rotatable bonds is 11. The van der Waals surface area contributed by atoms with Crippen molar-refractivity contribution in [2.24, 2.45) is 61.1 Å². The van der Waals surface area contributed by atoms with Crippen molar-refractivity contribution in [2.75, 3.05) is 0 Å². The van der Waals surface area contributed by atoms with Crippen molar-refractivity contribution >= 4 is 0 Å². The molecule has 0 N–H and O–H groups in total. The Kier molecular flexibility index (Phi) is 36.9. The lowest BCUT2D eigenvalue weighted by molar-refractivity contribution is 0.197. The highest BCUT2D eigenvalue weighted by Gasteiger charge is 2.35. The second kappa shape index (κ2) is 37.9. The molecule has 0 amide bonds. The molecule has 8 fully saturated rings. The minimum absolute atomic E-state index is 0.679. The predicted molar refractivity (Wildman–Crippen MR) is 346 cm³/mol. The summed E-state index contributed by atoms with van der Waals surface area (Å²) in [6.45, 7) is 45.3. The van der Waals surface area contributed by atoms with Gasteiger partial charge in [-0.15, -0.1) is 0 Å². The molecule has 0 aromatic rings. The van der Waals surface area contributed by atoms with Crippen molar-refractivity contribution in [3.8, 4) is 0 Å². The maximum Gasteiger partial charge on any atom is -0.0300 e. The van der Waals surface area contributed by atoms with Gasteiger partial charge in [0.15, 0.2) is 0 Å². The number of hydrogen-bond acceptors (Lipinski definition) is 0. The molecule has 6 unspecified atom stereocenters. The van der Waals surface area contributed by atoms with E-state index in [-0.39, 0.29) is 0 Å². The molecule has 8 aliphatic carbocycles. The molecule has 0 spiro atoms. The minimum Gasteiger partial charge on any atom is -0.0654 e. The Balaban J connectivity index is 0.000000429. The predicted octanol–water partition coefficient (Wildman–Crippen LogP) is 27.7. The van der Waals surface area contributed by atoms with Gasteiger partial charge in [-0.1, -0.05) is 298 Å². The maximum absolute atomic E-state index is 2.47. The average molecular weight is 1050 g/mol. The maximum atomic E-state index is 2.47. The number of hydrogen-bond donors (Lipinski definition) is 0. The van der Waals surface area contributed by atoms with E-state index in [4.69, 9.17) is 0 Å². The lowest BCUT2D eigenvalue weighted by Gasteiger charge is -2.33. The van der Waals surface area contributed by atoms with Crippen LogP contribution in [0.15, 0.2) is 0 Å². The van der Waals surface area contributed by atoms with Crippen molar-refractivity contribution < 1.29 is 0 Å². The summed E-state index contributed by atoms with van der Waals surface area (Å²) in [4.78, 5) is 0. The molecule has 0 bridgehead atoms. The van der Waals surface area contributed by atoms with Gasteiger partial charge in [0.1, 0.15) is 0 Å². The normalized spacial score (nSPS) is 31.8. The third-order valence-electron chi connectivity index (χ3n) is 23.1. The van der Waals surface area contributed by atoms with E-state index in [2.05, 4.69) is 132 Å². The first-order chi connectivity index (χ1) is 35.3. The molecule has 75 heavy (non-hydrogen) atoms. The summed E-state index contributed by atoms with van der Waals surface area (Å²) in [5.41, 5.74) is 5.71. The highest BCUT2D eigenvalue weighted by atomic mass is 14.4. The van der Waals surface area contributed by atoms with Gasteiger partial charge in [-0.2, -0.15) is 0 Å². The fourth-order valence-corrected chi connectivity index (χ4v) is 16.3. The Morgan fingerprint density at radius 1 is 0.267 bits per heavy atom. The molecule has 0 radical (unpaired) electrons. The van der Waals surface area contributed by atoms with Crippen molar-refractivity contribution in [1.29, 1.82) is 0 Å². The molecule has 8 aliphatic rings. The smallest absolute Gasteiger partial charge is 0.0300 e. The minimum atomic E-state index is 0.679. The fourth-order valence-electron chi connectivity index (χ4n) is 16.3. The molecule has 0 nitrogen and oxygen atoms in total. The SMILES string of the molecule is CC1(C)CCCCC1.CCC1(C)CCC(C)C1.CCC1(C)CCCCC1.CCC1(C)CCCCC1.CCCC1(C)CCC(C)C1.CCCC1(C)CCCC1C.CCCC1(C)CCCCC1.CCCC1(C)CCCCC1. The topological polar surface area (TPSA) is 0 Å². The third-order valence-corrected chi connectivity index (χ3v) is 23.1. The second-order valence-corrected chi connectivity index (χ2v) is 32.0. The summed E-state index contributed by atoms with van der Waals surface area (Å²) >= 11 is 0.